The lowest BCUT2D eigenvalue weighted by atomic mass is 9.98. The number of carbonyl (C=O) groups excluding carboxylic acids is 1. The number of thiazole rings is 1. The third-order valence-corrected chi connectivity index (χ3v) is 4.73. The Morgan fingerprint density at radius 2 is 2.35 bits per heavy atom. The molecule has 3 rings (SSSR count). The molecule has 1 amide bonds. The first-order valence-electron chi connectivity index (χ1n) is 7.90. The molecule has 2 aromatic heterocycles. The summed E-state index contributed by atoms with van der Waals surface area (Å²) in [5.74, 6) is 2.30. The molecule has 7 nitrogen and oxygen atoms in total. The molecule has 1 saturated heterocycles. The van der Waals surface area contributed by atoms with E-state index in [1.54, 1.807) is 6.20 Å². The summed E-state index contributed by atoms with van der Waals surface area (Å²) in [6.07, 6.45) is 3.98. The first-order valence-corrected chi connectivity index (χ1v) is 8.78. The quantitative estimate of drug-likeness (QED) is 0.901. The van der Waals surface area contributed by atoms with Crippen LogP contribution in [0.4, 0.5) is 5.13 Å². The van der Waals surface area contributed by atoms with E-state index < -0.39 is 0 Å². The van der Waals surface area contributed by atoms with Gasteiger partial charge in [0.15, 0.2) is 5.13 Å². The highest BCUT2D eigenvalue weighted by atomic mass is 32.1. The Hall–Kier alpha value is -1.80. The lowest BCUT2D eigenvalue weighted by molar-refractivity contribution is -0.117. The van der Waals surface area contributed by atoms with E-state index in [0.29, 0.717) is 17.6 Å². The number of rotatable bonds is 5. The second kappa shape index (κ2) is 7.18. The van der Waals surface area contributed by atoms with Crippen molar-refractivity contribution in [2.75, 3.05) is 25.0 Å². The van der Waals surface area contributed by atoms with Crippen LogP contribution in [0.5, 0.6) is 0 Å². The number of hydrogen-bond donors (Lipinski definition) is 1. The van der Waals surface area contributed by atoms with Crippen LogP contribution in [-0.2, 0) is 11.3 Å². The molecular weight excluding hydrogens is 312 g/mol. The molecule has 0 aliphatic carbocycles. The highest BCUT2D eigenvalue weighted by molar-refractivity contribution is 7.13. The van der Waals surface area contributed by atoms with Crippen LogP contribution in [0.15, 0.2) is 11.6 Å². The van der Waals surface area contributed by atoms with Crippen LogP contribution >= 0.6 is 11.3 Å². The first kappa shape index (κ1) is 16.1. The molecule has 0 bridgehead atoms. The molecule has 1 aliphatic rings. The van der Waals surface area contributed by atoms with Crippen LogP contribution in [0.25, 0.3) is 0 Å². The minimum Gasteiger partial charge on any atom is -0.301 e. The van der Waals surface area contributed by atoms with E-state index in [-0.39, 0.29) is 5.91 Å². The molecule has 124 valence electrons. The zero-order chi connectivity index (χ0) is 16.2. The molecule has 0 saturated carbocycles. The van der Waals surface area contributed by atoms with Gasteiger partial charge in [-0.05, 0) is 39.2 Å². The Kier molecular flexibility index (Phi) is 5.02. The van der Waals surface area contributed by atoms with Crippen LogP contribution in [0, 0.1) is 19.8 Å². The summed E-state index contributed by atoms with van der Waals surface area (Å²) in [6.45, 7) is 7.09. The third kappa shape index (κ3) is 4.35. The Bertz CT molecular complexity index is 653. The van der Waals surface area contributed by atoms with Crippen LogP contribution in [-0.4, -0.2) is 50.2 Å². The number of piperidine rings is 1. The largest absolute Gasteiger partial charge is 0.301 e. The highest BCUT2D eigenvalue weighted by Crippen LogP contribution is 2.19. The second-order valence-electron chi connectivity index (χ2n) is 6.02. The fourth-order valence-electron chi connectivity index (χ4n) is 3.07. The monoisotopic (exact) mass is 334 g/mol. The summed E-state index contributed by atoms with van der Waals surface area (Å²) in [5.41, 5.74) is 0. The lowest BCUT2D eigenvalue weighted by Gasteiger charge is -2.32. The van der Waals surface area contributed by atoms with Crippen LogP contribution < -0.4 is 5.32 Å². The number of aromatic nitrogens is 4. The second-order valence-corrected chi connectivity index (χ2v) is 6.91. The van der Waals surface area contributed by atoms with E-state index in [2.05, 4.69) is 25.3 Å². The van der Waals surface area contributed by atoms with Crippen molar-refractivity contribution >= 4 is 22.4 Å². The van der Waals surface area contributed by atoms with Crippen LogP contribution in [0.3, 0.4) is 0 Å². The fraction of sp³-hybridized carbons (Fsp3) is 0.600. The van der Waals surface area contributed by atoms with Gasteiger partial charge in [0.05, 0.1) is 6.54 Å². The van der Waals surface area contributed by atoms with Crippen LogP contribution in [0.2, 0.25) is 0 Å². The number of aryl methyl sites for hydroxylation is 2. The van der Waals surface area contributed by atoms with E-state index in [4.69, 9.17) is 0 Å². The molecule has 1 N–H and O–H groups in total. The minimum atomic E-state index is 0.00776. The minimum absolute atomic E-state index is 0.00776. The molecule has 1 atom stereocenters. The number of carbonyl (C=O) groups is 1. The number of anilines is 1. The standard InChI is InChI=1S/C15H22N6OS/c1-11-17-12(2)21(19-11)9-13-4-3-6-20(8-13)10-14(22)18-15-16-5-7-23-15/h5,7,13H,3-4,6,8-10H2,1-2H3,(H,16,18,22). The molecule has 1 fully saturated rings. The SMILES string of the molecule is Cc1nc(C)n(CC2CCCN(CC(=O)Nc3nccs3)C2)n1. The van der Waals surface area contributed by atoms with Crippen LogP contribution in [0.1, 0.15) is 24.5 Å². The number of likely N-dealkylation sites (tertiary alicyclic amines) is 1. The summed E-state index contributed by atoms with van der Waals surface area (Å²) in [4.78, 5) is 22.7. The number of hydrogen-bond acceptors (Lipinski definition) is 6. The van der Waals surface area contributed by atoms with Gasteiger partial charge < -0.3 is 5.32 Å². The van der Waals surface area contributed by atoms with Crippen molar-refractivity contribution in [2.24, 2.45) is 5.92 Å². The fourth-order valence-corrected chi connectivity index (χ4v) is 3.61. The zero-order valence-corrected chi connectivity index (χ0v) is 14.3. The zero-order valence-electron chi connectivity index (χ0n) is 13.5. The maximum absolute atomic E-state index is 12.1. The van der Waals surface area contributed by atoms with Gasteiger partial charge in [0.1, 0.15) is 11.6 Å². The van der Waals surface area contributed by atoms with Gasteiger partial charge in [0.25, 0.3) is 0 Å². The van der Waals surface area contributed by atoms with Gasteiger partial charge in [-0.3, -0.25) is 9.69 Å². The molecular formula is C15H22N6OS. The van der Waals surface area contributed by atoms with Gasteiger partial charge in [0.2, 0.25) is 5.91 Å². The van der Waals surface area contributed by atoms with E-state index in [0.717, 1.165) is 37.7 Å². The first-order chi connectivity index (χ1) is 11.1. The molecule has 0 radical (unpaired) electrons. The predicted octanol–water partition coefficient (Wildman–Crippen LogP) is 1.70. The molecule has 1 unspecified atom stereocenters. The average Bonchev–Trinajstić information content (AvgIpc) is 3.09. The summed E-state index contributed by atoms with van der Waals surface area (Å²) in [5, 5.41) is 9.81. The summed E-state index contributed by atoms with van der Waals surface area (Å²) >= 11 is 1.44. The van der Waals surface area contributed by atoms with E-state index in [9.17, 15) is 4.79 Å². The number of nitrogens with zero attached hydrogens (tertiary/aromatic N) is 5. The molecule has 8 heteroatoms. The van der Waals surface area contributed by atoms with E-state index >= 15 is 0 Å². The van der Waals surface area contributed by atoms with Crippen molar-refractivity contribution < 1.29 is 4.79 Å². The van der Waals surface area contributed by atoms with Gasteiger partial charge in [0, 0.05) is 24.7 Å². The maximum atomic E-state index is 12.1. The molecule has 0 aromatic carbocycles. The van der Waals surface area contributed by atoms with Crippen molar-refractivity contribution in [3.8, 4) is 0 Å². The third-order valence-electron chi connectivity index (χ3n) is 4.04. The summed E-state index contributed by atoms with van der Waals surface area (Å²) in [6, 6.07) is 0. The van der Waals surface area contributed by atoms with Gasteiger partial charge in [-0.15, -0.1) is 11.3 Å². The van der Waals surface area contributed by atoms with Gasteiger partial charge in [-0.1, -0.05) is 0 Å². The van der Waals surface area contributed by atoms with E-state index in [1.165, 1.54) is 17.8 Å². The molecule has 1 aliphatic heterocycles. The van der Waals surface area contributed by atoms with Crippen molar-refractivity contribution in [3.05, 3.63) is 23.2 Å². The van der Waals surface area contributed by atoms with Crippen molar-refractivity contribution in [3.63, 3.8) is 0 Å². The normalized spacial score (nSPS) is 19.0. The van der Waals surface area contributed by atoms with E-state index in [1.807, 2.05) is 23.9 Å². The Morgan fingerprint density at radius 3 is 3.04 bits per heavy atom. The Morgan fingerprint density at radius 1 is 1.48 bits per heavy atom. The molecule has 3 heterocycles. The van der Waals surface area contributed by atoms with Crippen molar-refractivity contribution in [1.82, 2.24) is 24.6 Å². The number of nitrogens with one attached hydrogen (secondary N) is 1. The smallest absolute Gasteiger partial charge is 0.240 e. The molecule has 2 aromatic rings. The topological polar surface area (TPSA) is 75.9 Å². The average molecular weight is 334 g/mol. The van der Waals surface area contributed by atoms with Gasteiger partial charge in [-0.25, -0.2) is 14.6 Å². The van der Waals surface area contributed by atoms with Gasteiger partial charge >= 0.3 is 0 Å². The lowest BCUT2D eigenvalue weighted by Crippen LogP contribution is -2.41. The summed E-state index contributed by atoms with van der Waals surface area (Å²) < 4.78 is 1.99. The van der Waals surface area contributed by atoms with Crippen molar-refractivity contribution in [1.29, 1.82) is 0 Å². The molecule has 0 spiro atoms. The van der Waals surface area contributed by atoms with Gasteiger partial charge in [-0.2, -0.15) is 5.10 Å². The maximum Gasteiger partial charge on any atom is 0.240 e. The highest BCUT2D eigenvalue weighted by Gasteiger charge is 2.23. The van der Waals surface area contributed by atoms with Crippen molar-refractivity contribution in [2.45, 2.75) is 33.2 Å². The molecule has 23 heavy (non-hydrogen) atoms. The Balaban J connectivity index is 1.51. The Labute approximate surface area is 139 Å². The number of amides is 1. The summed E-state index contributed by atoms with van der Waals surface area (Å²) in [7, 11) is 0. The predicted molar refractivity (Wildman–Crippen MR) is 89.4 cm³/mol.